The van der Waals surface area contributed by atoms with E-state index in [1.807, 2.05) is 17.9 Å². The molecule has 1 aliphatic heterocycles. The van der Waals surface area contributed by atoms with E-state index in [-0.39, 0.29) is 11.7 Å². The molecule has 0 bridgehead atoms. The highest BCUT2D eigenvalue weighted by Crippen LogP contribution is 2.32. The second-order valence-corrected chi connectivity index (χ2v) is 8.33. The van der Waals surface area contributed by atoms with Crippen molar-refractivity contribution in [1.29, 1.82) is 0 Å². The predicted molar refractivity (Wildman–Crippen MR) is 111 cm³/mol. The molecule has 1 aromatic carbocycles. The Morgan fingerprint density at radius 3 is 2.76 bits per heavy atom. The first-order valence-corrected chi connectivity index (χ1v) is 10.9. The van der Waals surface area contributed by atoms with Crippen molar-refractivity contribution >= 4 is 5.91 Å². The van der Waals surface area contributed by atoms with Gasteiger partial charge >= 0.3 is 0 Å². The maximum absolute atomic E-state index is 14.5. The van der Waals surface area contributed by atoms with Crippen molar-refractivity contribution in [3.8, 4) is 5.69 Å². The molecular formula is C23H31FN4O. The maximum Gasteiger partial charge on any atom is 0.222 e. The number of hydrogen-bond acceptors (Lipinski definition) is 3. The van der Waals surface area contributed by atoms with Gasteiger partial charge in [-0.2, -0.15) is 5.10 Å². The van der Waals surface area contributed by atoms with Crippen LogP contribution in [0.5, 0.6) is 0 Å². The van der Waals surface area contributed by atoms with Crippen LogP contribution in [-0.4, -0.2) is 45.1 Å². The molecule has 0 spiro atoms. The molecule has 0 saturated heterocycles. The third-order valence-corrected chi connectivity index (χ3v) is 6.01. The van der Waals surface area contributed by atoms with E-state index in [2.05, 4.69) is 11.8 Å². The summed E-state index contributed by atoms with van der Waals surface area (Å²) in [6.45, 7) is 8.27. The molecule has 0 radical (unpaired) electrons. The highest BCUT2D eigenvalue weighted by molar-refractivity contribution is 5.75. The fourth-order valence-electron chi connectivity index (χ4n) is 4.27. The van der Waals surface area contributed by atoms with Crippen molar-refractivity contribution in [2.75, 3.05) is 19.6 Å². The molecule has 1 aliphatic carbocycles. The Hall–Kier alpha value is -2.21. The lowest BCUT2D eigenvalue weighted by atomic mass is 10.0. The molecule has 1 amide bonds. The quantitative estimate of drug-likeness (QED) is 0.677. The zero-order valence-corrected chi connectivity index (χ0v) is 17.5. The Bertz CT molecular complexity index is 874. The van der Waals surface area contributed by atoms with Gasteiger partial charge < -0.3 is 4.90 Å². The van der Waals surface area contributed by atoms with Gasteiger partial charge in [0.15, 0.2) is 0 Å². The van der Waals surface area contributed by atoms with Crippen molar-refractivity contribution in [3.05, 3.63) is 47.0 Å². The number of aromatic nitrogens is 2. The van der Waals surface area contributed by atoms with Gasteiger partial charge in [0.2, 0.25) is 5.91 Å². The van der Waals surface area contributed by atoms with Crippen molar-refractivity contribution < 1.29 is 9.18 Å². The maximum atomic E-state index is 14.5. The Morgan fingerprint density at radius 2 is 2.07 bits per heavy atom. The summed E-state index contributed by atoms with van der Waals surface area (Å²) in [4.78, 5) is 17.0. The highest BCUT2D eigenvalue weighted by Gasteiger charge is 2.30. The third-order valence-electron chi connectivity index (χ3n) is 6.01. The number of fused-ring (bicyclic) bond motifs is 1. The Balaban J connectivity index is 1.70. The molecule has 29 heavy (non-hydrogen) atoms. The summed E-state index contributed by atoms with van der Waals surface area (Å²) in [5.74, 6) is 0.540. The minimum absolute atomic E-state index is 0.173. The van der Waals surface area contributed by atoms with E-state index in [4.69, 9.17) is 5.10 Å². The zero-order chi connectivity index (χ0) is 20.4. The molecule has 5 nitrogen and oxygen atoms in total. The van der Waals surface area contributed by atoms with Crippen LogP contribution < -0.4 is 0 Å². The first-order valence-electron chi connectivity index (χ1n) is 10.9. The second kappa shape index (κ2) is 8.66. The lowest BCUT2D eigenvalue weighted by Gasteiger charge is -2.28. The van der Waals surface area contributed by atoms with Gasteiger partial charge in [0.25, 0.3) is 0 Å². The molecule has 1 aromatic heterocycles. The van der Waals surface area contributed by atoms with Crippen LogP contribution in [0.25, 0.3) is 5.69 Å². The Morgan fingerprint density at radius 1 is 1.28 bits per heavy atom. The monoisotopic (exact) mass is 398 g/mol. The van der Waals surface area contributed by atoms with E-state index < -0.39 is 0 Å². The SMILES string of the molecule is CCCN1CCc2c(c(CN(CC3CC3)C(=O)CC)nn2-c2ccccc2F)C1. The van der Waals surface area contributed by atoms with Crippen LogP contribution in [0, 0.1) is 11.7 Å². The van der Waals surface area contributed by atoms with Gasteiger partial charge in [0.05, 0.1) is 17.9 Å². The van der Waals surface area contributed by atoms with Crippen molar-refractivity contribution in [2.24, 2.45) is 5.92 Å². The lowest BCUT2D eigenvalue weighted by Crippen LogP contribution is -2.34. The van der Waals surface area contributed by atoms with E-state index in [0.29, 0.717) is 24.6 Å². The van der Waals surface area contributed by atoms with Crippen LogP contribution in [0.15, 0.2) is 24.3 Å². The van der Waals surface area contributed by atoms with Crippen molar-refractivity contribution in [1.82, 2.24) is 19.6 Å². The van der Waals surface area contributed by atoms with Gasteiger partial charge in [0, 0.05) is 38.0 Å². The number of hydrogen-bond donors (Lipinski definition) is 0. The molecule has 0 atom stereocenters. The van der Waals surface area contributed by atoms with Crippen LogP contribution in [0.4, 0.5) is 4.39 Å². The minimum Gasteiger partial charge on any atom is -0.336 e. The number of amides is 1. The van der Waals surface area contributed by atoms with Gasteiger partial charge in [-0.25, -0.2) is 9.07 Å². The molecule has 156 valence electrons. The lowest BCUT2D eigenvalue weighted by molar-refractivity contribution is -0.131. The zero-order valence-electron chi connectivity index (χ0n) is 17.5. The predicted octanol–water partition coefficient (Wildman–Crippen LogP) is 3.93. The van der Waals surface area contributed by atoms with Crippen LogP contribution in [0.3, 0.4) is 0 Å². The highest BCUT2D eigenvalue weighted by atomic mass is 19.1. The van der Waals surface area contributed by atoms with E-state index in [1.165, 1.54) is 24.5 Å². The molecular weight excluding hydrogens is 367 g/mol. The minimum atomic E-state index is -0.264. The molecule has 2 heterocycles. The largest absolute Gasteiger partial charge is 0.336 e. The molecule has 2 aliphatic rings. The summed E-state index contributed by atoms with van der Waals surface area (Å²) in [6.07, 6.45) is 4.87. The van der Waals surface area contributed by atoms with Gasteiger partial charge in [-0.1, -0.05) is 26.0 Å². The molecule has 6 heteroatoms. The molecule has 0 N–H and O–H groups in total. The van der Waals surface area contributed by atoms with E-state index >= 15 is 0 Å². The molecule has 1 saturated carbocycles. The van der Waals surface area contributed by atoms with E-state index in [9.17, 15) is 9.18 Å². The number of rotatable bonds is 8. The van der Waals surface area contributed by atoms with Gasteiger partial charge in [0.1, 0.15) is 11.5 Å². The number of carbonyl (C=O) groups is 1. The topological polar surface area (TPSA) is 41.4 Å². The summed E-state index contributed by atoms with van der Waals surface area (Å²) in [5, 5.41) is 4.86. The van der Waals surface area contributed by atoms with Crippen LogP contribution >= 0.6 is 0 Å². The van der Waals surface area contributed by atoms with Crippen LogP contribution in [-0.2, 0) is 24.3 Å². The summed E-state index contributed by atoms with van der Waals surface area (Å²) < 4.78 is 16.3. The number of nitrogens with zero attached hydrogens (tertiary/aromatic N) is 4. The van der Waals surface area contributed by atoms with E-state index in [0.717, 1.165) is 50.4 Å². The standard InChI is InChI=1S/C23H31FN4O/c1-3-12-26-13-11-21-18(15-26)20(16-27(23(29)4-2)14-17-9-10-17)25-28(21)22-8-6-5-7-19(22)24/h5-8,17H,3-4,9-16H2,1-2H3. The van der Waals surface area contributed by atoms with Crippen LogP contribution in [0.1, 0.15) is 56.5 Å². The first kappa shape index (κ1) is 20.1. The third kappa shape index (κ3) is 4.37. The average molecular weight is 399 g/mol. The fraction of sp³-hybridized carbons (Fsp3) is 0.565. The molecule has 4 rings (SSSR count). The van der Waals surface area contributed by atoms with Gasteiger partial charge in [-0.05, 0) is 43.9 Å². The summed E-state index contributed by atoms with van der Waals surface area (Å²) >= 11 is 0. The number of benzene rings is 1. The summed E-state index contributed by atoms with van der Waals surface area (Å²) in [6, 6.07) is 6.81. The number of para-hydroxylation sites is 1. The Labute approximate surface area is 172 Å². The second-order valence-electron chi connectivity index (χ2n) is 8.33. The number of halogens is 1. The van der Waals surface area contributed by atoms with Crippen LogP contribution in [0.2, 0.25) is 0 Å². The van der Waals surface area contributed by atoms with Crippen molar-refractivity contribution in [2.45, 2.75) is 59.0 Å². The Kier molecular flexibility index (Phi) is 5.99. The first-order chi connectivity index (χ1) is 14.1. The van der Waals surface area contributed by atoms with Crippen molar-refractivity contribution in [3.63, 3.8) is 0 Å². The average Bonchev–Trinajstić information content (AvgIpc) is 3.48. The molecule has 1 fully saturated rings. The normalized spacial score (nSPS) is 16.7. The smallest absolute Gasteiger partial charge is 0.222 e. The number of carbonyl (C=O) groups excluding carboxylic acids is 1. The van der Waals surface area contributed by atoms with Gasteiger partial charge in [-0.3, -0.25) is 9.69 Å². The van der Waals surface area contributed by atoms with E-state index in [1.54, 1.807) is 16.8 Å². The molecule has 0 unspecified atom stereocenters. The summed E-state index contributed by atoms with van der Waals surface area (Å²) in [7, 11) is 0. The van der Waals surface area contributed by atoms with Gasteiger partial charge in [-0.15, -0.1) is 0 Å². The summed E-state index contributed by atoms with van der Waals surface area (Å²) in [5.41, 5.74) is 3.69. The molecule has 2 aromatic rings. The fourth-order valence-corrected chi connectivity index (χ4v) is 4.27.